The third-order valence-corrected chi connectivity index (χ3v) is 4.32. The van der Waals surface area contributed by atoms with Crippen molar-refractivity contribution in [3.05, 3.63) is 24.0 Å². The van der Waals surface area contributed by atoms with Crippen LogP contribution < -0.4 is 5.73 Å². The Hall–Kier alpha value is -0.940. The average Bonchev–Trinajstić information content (AvgIpc) is 2.82. The van der Waals surface area contributed by atoms with E-state index in [1.807, 2.05) is 0 Å². The molecule has 17 heavy (non-hydrogen) atoms. The van der Waals surface area contributed by atoms with Gasteiger partial charge in [0.1, 0.15) is 5.82 Å². The van der Waals surface area contributed by atoms with E-state index in [-0.39, 0.29) is 6.10 Å². The number of anilines is 1. The van der Waals surface area contributed by atoms with Crippen LogP contribution >= 0.6 is 0 Å². The summed E-state index contributed by atoms with van der Waals surface area (Å²) >= 11 is 0. The number of hydrogen-bond acceptors (Lipinski definition) is 3. The molecule has 0 radical (unpaired) electrons. The summed E-state index contributed by atoms with van der Waals surface area (Å²) < 4.78 is 30.5. The summed E-state index contributed by atoms with van der Waals surface area (Å²) in [5.41, 5.74) is 6.07. The van der Waals surface area contributed by atoms with Crippen LogP contribution in [0.4, 0.5) is 10.1 Å². The summed E-state index contributed by atoms with van der Waals surface area (Å²) in [4.78, 5) is 0.392. The minimum Gasteiger partial charge on any atom is -0.398 e. The van der Waals surface area contributed by atoms with E-state index in [1.165, 1.54) is 18.2 Å². The third kappa shape index (κ3) is 3.26. The average molecular weight is 257 g/mol. The molecule has 3 nitrogen and oxygen atoms in total. The molecule has 0 aromatic heterocycles. The molecule has 0 amide bonds. The first kappa shape index (κ1) is 12.5. The molecular weight excluding hydrogens is 241 g/mol. The Morgan fingerprint density at radius 2 is 2.35 bits per heavy atom. The van der Waals surface area contributed by atoms with Crippen molar-refractivity contribution in [1.82, 2.24) is 0 Å². The van der Waals surface area contributed by atoms with Crippen molar-refractivity contribution in [2.45, 2.75) is 30.3 Å². The minimum absolute atomic E-state index is 0.203. The SMILES string of the molecule is Nc1ccc(F)cc1S(=O)CCC1CCCO1. The van der Waals surface area contributed by atoms with Gasteiger partial charge in [0, 0.05) is 18.0 Å². The molecule has 1 aliphatic heterocycles. The molecule has 2 unspecified atom stereocenters. The second-order valence-electron chi connectivity index (χ2n) is 4.16. The van der Waals surface area contributed by atoms with E-state index in [1.54, 1.807) is 0 Å². The van der Waals surface area contributed by atoms with Gasteiger partial charge in [-0.2, -0.15) is 0 Å². The summed E-state index contributed by atoms with van der Waals surface area (Å²) in [5, 5.41) is 0. The van der Waals surface area contributed by atoms with Gasteiger partial charge in [0.2, 0.25) is 0 Å². The van der Waals surface area contributed by atoms with Gasteiger partial charge in [0.15, 0.2) is 0 Å². The molecule has 2 rings (SSSR count). The maximum absolute atomic E-state index is 13.0. The van der Waals surface area contributed by atoms with Crippen molar-refractivity contribution >= 4 is 16.5 Å². The zero-order valence-electron chi connectivity index (χ0n) is 9.52. The van der Waals surface area contributed by atoms with Crippen LogP contribution in [0.3, 0.4) is 0 Å². The van der Waals surface area contributed by atoms with Crippen LogP contribution in [-0.4, -0.2) is 22.7 Å². The lowest BCUT2D eigenvalue weighted by molar-refractivity contribution is 0.109. The Kier molecular flexibility index (Phi) is 4.12. The highest BCUT2D eigenvalue weighted by Crippen LogP contribution is 2.21. The van der Waals surface area contributed by atoms with Crippen LogP contribution in [0.25, 0.3) is 0 Å². The van der Waals surface area contributed by atoms with Crippen LogP contribution in [0.15, 0.2) is 23.1 Å². The largest absolute Gasteiger partial charge is 0.398 e. The Morgan fingerprint density at radius 3 is 3.06 bits per heavy atom. The molecule has 0 aliphatic carbocycles. The number of nitrogens with two attached hydrogens (primary N) is 1. The van der Waals surface area contributed by atoms with Crippen molar-refractivity contribution in [3.63, 3.8) is 0 Å². The minimum atomic E-state index is -1.25. The first-order chi connectivity index (χ1) is 8.16. The second-order valence-corrected chi connectivity index (χ2v) is 5.69. The quantitative estimate of drug-likeness (QED) is 0.840. The fourth-order valence-corrected chi connectivity index (χ4v) is 3.20. The Balaban J connectivity index is 1.96. The number of benzene rings is 1. The van der Waals surface area contributed by atoms with Gasteiger partial charge in [-0.25, -0.2) is 4.39 Å². The van der Waals surface area contributed by atoms with Gasteiger partial charge < -0.3 is 10.5 Å². The maximum atomic E-state index is 13.0. The first-order valence-corrected chi connectivity index (χ1v) is 7.03. The standard InChI is InChI=1S/C12H16FNO2S/c13-9-3-4-11(14)12(8-9)17(15)7-5-10-2-1-6-16-10/h3-4,8,10H,1-2,5-7,14H2. The first-order valence-electron chi connectivity index (χ1n) is 5.72. The summed E-state index contributed by atoms with van der Waals surface area (Å²) in [6, 6.07) is 3.98. The molecular formula is C12H16FNO2S. The Morgan fingerprint density at radius 1 is 1.53 bits per heavy atom. The molecule has 1 saturated heterocycles. The fraction of sp³-hybridized carbons (Fsp3) is 0.500. The molecule has 2 atom stereocenters. The van der Waals surface area contributed by atoms with E-state index in [2.05, 4.69) is 0 Å². The third-order valence-electron chi connectivity index (χ3n) is 2.87. The van der Waals surface area contributed by atoms with E-state index in [0.29, 0.717) is 16.3 Å². The zero-order valence-corrected chi connectivity index (χ0v) is 10.3. The van der Waals surface area contributed by atoms with Gasteiger partial charge in [0.25, 0.3) is 0 Å². The lowest BCUT2D eigenvalue weighted by Gasteiger charge is -2.10. The van der Waals surface area contributed by atoms with Gasteiger partial charge in [-0.15, -0.1) is 0 Å². The molecule has 1 aromatic rings. The van der Waals surface area contributed by atoms with E-state index >= 15 is 0 Å². The lowest BCUT2D eigenvalue weighted by atomic mass is 10.2. The van der Waals surface area contributed by atoms with E-state index in [4.69, 9.17) is 10.5 Å². The van der Waals surface area contributed by atoms with Crippen molar-refractivity contribution in [2.75, 3.05) is 18.1 Å². The van der Waals surface area contributed by atoms with E-state index in [0.717, 1.165) is 25.9 Å². The van der Waals surface area contributed by atoms with Crippen LogP contribution in [-0.2, 0) is 15.5 Å². The summed E-state index contributed by atoms with van der Waals surface area (Å²) in [6.45, 7) is 0.791. The number of nitrogen functional groups attached to an aromatic ring is 1. The monoisotopic (exact) mass is 257 g/mol. The predicted molar refractivity (Wildman–Crippen MR) is 65.7 cm³/mol. The zero-order chi connectivity index (χ0) is 12.3. The van der Waals surface area contributed by atoms with Crippen LogP contribution in [0.2, 0.25) is 0 Å². The van der Waals surface area contributed by atoms with Gasteiger partial charge in [-0.3, -0.25) is 4.21 Å². The number of hydrogen-bond donors (Lipinski definition) is 1. The Bertz CT molecular complexity index is 419. The summed E-state index contributed by atoms with van der Waals surface area (Å²) in [7, 11) is -1.25. The van der Waals surface area contributed by atoms with Crippen LogP contribution in [0.5, 0.6) is 0 Å². The second kappa shape index (κ2) is 5.60. The van der Waals surface area contributed by atoms with E-state index in [9.17, 15) is 8.60 Å². The van der Waals surface area contributed by atoms with Crippen molar-refractivity contribution < 1.29 is 13.3 Å². The molecule has 1 aromatic carbocycles. The smallest absolute Gasteiger partial charge is 0.124 e. The summed E-state index contributed by atoms with van der Waals surface area (Å²) in [5.74, 6) is 0.0675. The lowest BCUT2D eigenvalue weighted by Crippen LogP contribution is -2.11. The molecule has 94 valence electrons. The molecule has 1 fully saturated rings. The molecule has 1 heterocycles. The topological polar surface area (TPSA) is 52.3 Å². The predicted octanol–water partition coefficient (Wildman–Crippen LogP) is 2.08. The normalized spacial score (nSPS) is 21.6. The van der Waals surface area contributed by atoms with Gasteiger partial charge in [-0.1, -0.05) is 0 Å². The van der Waals surface area contributed by atoms with Crippen LogP contribution in [0.1, 0.15) is 19.3 Å². The molecule has 0 spiro atoms. The van der Waals surface area contributed by atoms with Crippen molar-refractivity contribution in [3.8, 4) is 0 Å². The number of halogens is 1. The Labute approximate surface area is 103 Å². The molecule has 0 bridgehead atoms. The molecule has 2 N–H and O–H groups in total. The van der Waals surface area contributed by atoms with Gasteiger partial charge in [0.05, 0.1) is 21.8 Å². The summed E-state index contributed by atoms with van der Waals surface area (Å²) in [6.07, 6.45) is 3.03. The highest BCUT2D eigenvalue weighted by Gasteiger charge is 2.17. The number of ether oxygens (including phenoxy) is 1. The number of rotatable bonds is 4. The highest BCUT2D eigenvalue weighted by molar-refractivity contribution is 7.85. The molecule has 5 heteroatoms. The highest BCUT2D eigenvalue weighted by atomic mass is 32.2. The van der Waals surface area contributed by atoms with Crippen molar-refractivity contribution in [1.29, 1.82) is 0 Å². The molecule has 1 aliphatic rings. The van der Waals surface area contributed by atoms with Gasteiger partial charge in [-0.05, 0) is 37.5 Å². The molecule has 0 saturated carbocycles. The van der Waals surface area contributed by atoms with Crippen LogP contribution in [0, 0.1) is 5.82 Å². The van der Waals surface area contributed by atoms with Gasteiger partial charge >= 0.3 is 0 Å². The maximum Gasteiger partial charge on any atom is 0.124 e. The van der Waals surface area contributed by atoms with Crippen molar-refractivity contribution in [2.24, 2.45) is 0 Å². The fourth-order valence-electron chi connectivity index (χ4n) is 1.93. The van der Waals surface area contributed by atoms with E-state index < -0.39 is 16.6 Å².